The second-order valence-corrected chi connectivity index (χ2v) is 6.09. The van der Waals surface area contributed by atoms with Crippen LogP contribution in [0.1, 0.15) is 17.5 Å². The van der Waals surface area contributed by atoms with Crippen LogP contribution in [0.3, 0.4) is 0 Å². The van der Waals surface area contributed by atoms with Gasteiger partial charge < -0.3 is 20.1 Å². The first-order valence-electron chi connectivity index (χ1n) is 8.46. The van der Waals surface area contributed by atoms with Crippen molar-refractivity contribution in [3.63, 3.8) is 0 Å². The molecule has 28 heavy (non-hydrogen) atoms. The zero-order valence-corrected chi connectivity index (χ0v) is 14.6. The molecule has 1 aliphatic rings. The molecular formula is C19H17F3N2O4. The van der Waals surface area contributed by atoms with Crippen molar-refractivity contribution in [3.8, 4) is 11.5 Å². The van der Waals surface area contributed by atoms with Crippen LogP contribution in [-0.4, -0.2) is 24.8 Å². The summed E-state index contributed by atoms with van der Waals surface area (Å²) in [6.45, 7) is -0.432. The number of carbonyl (C=O) groups excluding carboxylic acids is 2. The third kappa shape index (κ3) is 5.38. The number of alkyl halides is 3. The van der Waals surface area contributed by atoms with Crippen LogP contribution in [0.2, 0.25) is 0 Å². The van der Waals surface area contributed by atoms with Gasteiger partial charge in [-0.3, -0.25) is 9.59 Å². The van der Waals surface area contributed by atoms with Crippen molar-refractivity contribution in [1.82, 2.24) is 5.32 Å². The molecule has 0 atom stereocenters. The van der Waals surface area contributed by atoms with E-state index in [1.807, 2.05) is 0 Å². The van der Waals surface area contributed by atoms with Crippen LogP contribution >= 0.6 is 0 Å². The first kappa shape index (κ1) is 19.5. The van der Waals surface area contributed by atoms with E-state index in [4.69, 9.17) is 4.74 Å². The molecule has 3 rings (SSSR count). The van der Waals surface area contributed by atoms with Crippen LogP contribution in [0.25, 0.3) is 0 Å². The summed E-state index contributed by atoms with van der Waals surface area (Å²) in [5, 5.41) is 5.24. The molecule has 1 heterocycles. The van der Waals surface area contributed by atoms with E-state index >= 15 is 0 Å². The minimum Gasteiger partial charge on any atom is -0.484 e. The summed E-state index contributed by atoms with van der Waals surface area (Å²) in [5.74, 6) is -0.443. The molecule has 0 saturated carbocycles. The van der Waals surface area contributed by atoms with Gasteiger partial charge in [0.2, 0.25) is 5.91 Å². The van der Waals surface area contributed by atoms with Gasteiger partial charge in [-0.2, -0.15) is 0 Å². The Bertz CT molecular complexity index is 884. The van der Waals surface area contributed by atoms with Gasteiger partial charge in [-0.1, -0.05) is 18.2 Å². The largest absolute Gasteiger partial charge is 0.573 e. The molecule has 2 amide bonds. The van der Waals surface area contributed by atoms with E-state index in [9.17, 15) is 22.8 Å². The molecule has 9 heteroatoms. The average molecular weight is 394 g/mol. The standard InChI is InChI=1S/C19H17F3N2O4/c20-19(21,22)28-16-4-2-1-3-13(16)10-23-18(26)11-27-14-6-7-15-12(9-14)5-8-17(25)24-15/h1-4,6-7,9H,5,8,10-11H2,(H,23,26)(H,24,25). The third-order valence-electron chi connectivity index (χ3n) is 4.02. The number of nitrogens with one attached hydrogen (secondary N) is 2. The lowest BCUT2D eigenvalue weighted by atomic mass is 10.0. The predicted molar refractivity (Wildman–Crippen MR) is 93.9 cm³/mol. The number of ether oxygens (including phenoxy) is 2. The Hall–Kier alpha value is -3.23. The Morgan fingerprint density at radius 3 is 2.71 bits per heavy atom. The lowest BCUT2D eigenvalue weighted by Gasteiger charge is -2.17. The Morgan fingerprint density at radius 2 is 1.93 bits per heavy atom. The van der Waals surface area contributed by atoms with Crippen LogP contribution < -0.4 is 20.1 Å². The molecule has 0 aromatic heterocycles. The number of amides is 2. The molecular weight excluding hydrogens is 377 g/mol. The van der Waals surface area contributed by atoms with Crippen LogP contribution in [-0.2, 0) is 22.6 Å². The molecule has 6 nitrogen and oxygen atoms in total. The molecule has 2 aromatic carbocycles. The molecule has 2 aromatic rings. The Morgan fingerprint density at radius 1 is 1.14 bits per heavy atom. The first-order chi connectivity index (χ1) is 13.3. The summed E-state index contributed by atoms with van der Waals surface area (Å²) >= 11 is 0. The molecule has 0 aliphatic carbocycles. The highest BCUT2D eigenvalue weighted by atomic mass is 19.4. The monoisotopic (exact) mass is 394 g/mol. The molecule has 0 unspecified atom stereocenters. The number of benzene rings is 2. The van der Waals surface area contributed by atoms with Crippen molar-refractivity contribution >= 4 is 17.5 Å². The van der Waals surface area contributed by atoms with Crippen molar-refractivity contribution in [2.75, 3.05) is 11.9 Å². The Kier molecular flexibility index (Phi) is 5.72. The minimum atomic E-state index is -4.81. The number of anilines is 1. The number of fused-ring (bicyclic) bond motifs is 1. The number of aryl methyl sites for hydroxylation is 1. The summed E-state index contributed by atoms with van der Waals surface area (Å²) in [6, 6.07) is 10.6. The maximum Gasteiger partial charge on any atom is 0.573 e. The number of para-hydroxylation sites is 1. The Balaban J connectivity index is 1.52. The van der Waals surface area contributed by atoms with Gasteiger partial charge in [0, 0.05) is 24.2 Å². The summed E-state index contributed by atoms with van der Waals surface area (Å²) in [5.41, 5.74) is 1.82. The summed E-state index contributed by atoms with van der Waals surface area (Å²) < 4.78 is 46.6. The zero-order valence-electron chi connectivity index (χ0n) is 14.6. The SMILES string of the molecule is O=C(COc1ccc2c(c1)CCC(=O)N2)NCc1ccccc1OC(F)(F)F. The van der Waals surface area contributed by atoms with Gasteiger partial charge in [-0.25, -0.2) is 0 Å². The third-order valence-corrected chi connectivity index (χ3v) is 4.02. The van der Waals surface area contributed by atoms with E-state index in [-0.39, 0.29) is 30.4 Å². The summed E-state index contributed by atoms with van der Waals surface area (Å²) in [7, 11) is 0. The van der Waals surface area contributed by atoms with Crippen LogP contribution in [0, 0.1) is 0 Å². The Labute approximate surface area is 158 Å². The van der Waals surface area contributed by atoms with Gasteiger partial charge in [0.1, 0.15) is 11.5 Å². The predicted octanol–water partition coefficient (Wildman–Crippen LogP) is 3.17. The van der Waals surface area contributed by atoms with E-state index in [0.717, 1.165) is 5.56 Å². The number of halogens is 3. The van der Waals surface area contributed by atoms with Crippen molar-refractivity contribution in [2.45, 2.75) is 25.7 Å². The van der Waals surface area contributed by atoms with E-state index in [0.29, 0.717) is 24.3 Å². The van der Waals surface area contributed by atoms with Crippen molar-refractivity contribution in [3.05, 3.63) is 53.6 Å². The molecule has 0 radical (unpaired) electrons. The van der Waals surface area contributed by atoms with Crippen molar-refractivity contribution < 1.29 is 32.2 Å². The van der Waals surface area contributed by atoms with Gasteiger partial charge in [0.05, 0.1) is 0 Å². The molecule has 0 saturated heterocycles. The van der Waals surface area contributed by atoms with Gasteiger partial charge in [-0.15, -0.1) is 13.2 Å². The highest BCUT2D eigenvalue weighted by Gasteiger charge is 2.32. The maximum absolute atomic E-state index is 12.4. The van der Waals surface area contributed by atoms with Crippen molar-refractivity contribution in [1.29, 1.82) is 0 Å². The fraction of sp³-hybridized carbons (Fsp3) is 0.263. The normalized spacial score (nSPS) is 13.3. The lowest BCUT2D eigenvalue weighted by molar-refractivity contribution is -0.274. The highest BCUT2D eigenvalue weighted by molar-refractivity contribution is 5.94. The van der Waals surface area contributed by atoms with Gasteiger partial charge >= 0.3 is 6.36 Å². The summed E-state index contributed by atoms with van der Waals surface area (Å²) in [6.07, 6.45) is -3.84. The van der Waals surface area contributed by atoms with Gasteiger partial charge in [0.15, 0.2) is 6.61 Å². The van der Waals surface area contributed by atoms with Gasteiger partial charge in [-0.05, 0) is 36.2 Å². The lowest BCUT2D eigenvalue weighted by Crippen LogP contribution is -2.29. The number of hydrogen-bond acceptors (Lipinski definition) is 4. The second-order valence-electron chi connectivity index (χ2n) is 6.09. The fourth-order valence-electron chi connectivity index (χ4n) is 2.72. The average Bonchev–Trinajstić information content (AvgIpc) is 2.64. The maximum atomic E-state index is 12.4. The van der Waals surface area contributed by atoms with Crippen molar-refractivity contribution in [2.24, 2.45) is 0 Å². The molecule has 0 fully saturated rings. The fourth-order valence-corrected chi connectivity index (χ4v) is 2.72. The summed E-state index contributed by atoms with van der Waals surface area (Å²) in [4.78, 5) is 23.3. The van der Waals surface area contributed by atoms with Gasteiger partial charge in [0.25, 0.3) is 5.91 Å². The highest BCUT2D eigenvalue weighted by Crippen LogP contribution is 2.27. The molecule has 0 spiro atoms. The number of rotatable bonds is 6. The molecule has 2 N–H and O–H groups in total. The van der Waals surface area contributed by atoms with Crippen LogP contribution in [0.5, 0.6) is 11.5 Å². The molecule has 1 aliphatic heterocycles. The quantitative estimate of drug-likeness (QED) is 0.789. The van der Waals surface area contributed by atoms with E-state index in [1.54, 1.807) is 24.3 Å². The van der Waals surface area contributed by atoms with Crippen LogP contribution in [0.4, 0.5) is 18.9 Å². The van der Waals surface area contributed by atoms with Crippen LogP contribution in [0.15, 0.2) is 42.5 Å². The smallest absolute Gasteiger partial charge is 0.484 e. The minimum absolute atomic E-state index is 0.0460. The topological polar surface area (TPSA) is 76.7 Å². The van der Waals surface area contributed by atoms with E-state index in [2.05, 4.69) is 15.4 Å². The second kappa shape index (κ2) is 8.20. The molecule has 0 bridgehead atoms. The van der Waals surface area contributed by atoms with E-state index < -0.39 is 12.3 Å². The zero-order chi connectivity index (χ0) is 20.1. The van der Waals surface area contributed by atoms with E-state index in [1.165, 1.54) is 18.2 Å². The number of hydrogen-bond donors (Lipinski definition) is 2. The molecule has 148 valence electrons. The first-order valence-corrected chi connectivity index (χ1v) is 8.46. The number of carbonyl (C=O) groups is 2.